The predicted octanol–water partition coefficient (Wildman–Crippen LogP) is 3.41. The van der Waals surface area contributed by atoms with Crippen molar-refractivity contribution in [2.24, 2.45) is 0 Å². The summed E-state index contributed by atoms with van der Waals surface area (Å²) in [6, 6.07) is 5.78. The van der Waals surface area contributed by atoms with Gasteiger partial charge in [-0.1, -0.05) is 17.4 Å². The van der Waals surface area contributed by atoms with Crippen LogP contribution in [0.25, 0.3) is 10.6 Å². The zero-order valence-corrected chi connectivity index (χ0v) is 13.4. The van der Waals surface area contributed by atoms with Gasteiger partial charge in [0.2, 0.25) is 5.91 Å². The number of hydrogen-bond donors (Lipinski definition) is 1. The van der Waals surface area contributed by atoms with Gasteiger partial charge in [0, 0.05) is 19.2 Å². The highest BCUT2D eigenvalue weighted by atomic mass is 32.1. The summed E-state index contributed by atoms with van der Waals surface area (Å²) in [4.78, 5) is 21.8. The molecule has 1 saturated heterocycles. The SMILES string of the molecule is Cc1nc(NC(=O)CCC2CCCO2)sc1-c1ccccn1. The Morgan fingerprint density at radius 2 is 2.41 bits per heavy atom. The number of hydrogen-bond acceptors (Lipinski definition) is 5. The number of nitrogens with zero attached hydrogens (tertiary/aromatic N) is 2. The van der Waals surface area contributed by atoms with Crippen LogP contribution in [0.3, 0.4) is 0 Å². The average molecular weight is 317 g/mol. The van der Waals surface area contributed by atoms with Crippen LogP contribution >= 0.6 is 11.3 Å². The molecule has 3 heterocycles. The van der Waals surface area contributed by atoms with E-state index in [-0.39, 0.29) is 12.0 Å². The number of amides is 1. The first kappa shape index (κ1) is 15.1. The Kier molecular flexibility index (Phi) is 4.80. The largest absolute Gasteiger partial charge is 0.378 e. The molecule has 0 spiro atoms. The molecule has 22 heavy (non-hydrogen) atoms. The van der Waals surface area contributed by atoms with Crippen LogP contribution in [-0.2, 0) is 9.53 Å². The molecule has 0 radical (unpaired) electrons. The van der Waals surface area contributed by atoms with E-state index in [9.17, 15) is 4.79 Å². The summed E-state index contributed by atoms with van der Waals surface area (Å²) in [5.41, 5.74) is 1.77. The lowest BCUT2D eigenvalue weighted by molar-refractivity contribution is -0.116. The van der Waals surface area contributed by atoms with E-state index in [0.717, 1.165) is 42.1 Å². The number of carbonyl (C=O) groups excluding carboxylic acids is 1. The predicted molar refractivity (Wildman–Crippen MR) is 86.9 cm³/mol. The van der Waals surface area contributed by atoms with E-state index in [1.54, 1.807) is 6.20 Å². The Balaban J connectivity index is 1.59. The first-order valence-electron chi connectivity index (χ1n) is 7.52. The van der Waals surface area contributed by atoms with Gasteiger partial charge in [0.1, 0.15) is 0 Å². The zero-order valence-electron chi connectivity index (χ0n) is 12.5. The molecule has 1 aliphatic rings. The second-order valence-corrected chi connectivity index (χ2v) is 6.37. The minimum atomic E-state index is -0.00294. The highest BCUT2D eigenvalue weighted by Crippen LogP contribution is 2.31. The summed E-state index contributed by atoms with van der Waals surface area (Å²) in [5, 5.41) is 3.52. The zero-order chi connectivity index (χ0) is 15.4. The maximum absolute atomic E-state index is 12.0. The van der Waals surface area contributed by atoms with Crippen LogP contribution in [0.15, 0.2) is 24.4 Å². The smallest absolute Gasteiger partial charge is 0.226 e. The summed E-state index contributed by atoms with van der Waals surface area (Å²) >= 11 is 1.46. The van der Waals surface area contributed by atoms with Crippen LogP contribution in [-0.4, -0.2) is 28.6 Å². The Morgan fingerprint density at radius 3 is 3.14 bits per heavy atom. The third-order valence-corrected chi connectivity index (χ3v) is 4.75. The van der Waals surface area contributed by atoms with Crippen molar-refractivity contribution < 1.29 is 9.53 Å². The lowest BCUT2D eigenvalue weighted by Crippen LogP contribution is -2.15. The summed E-state index contributed by atoms with van der Waals surface area (Å²) in [7, 11) is 0. The van der Waals surface area contributed by atoms with Gasteiger partial charge in [0.15, 0.2) is 5.13 Å². The number of carbonyl (C=O) groups is 1. The number of rotatable bonds is 5. The molecular formula is C16H19N3O2S. The van der Waals surface area contributed by atoms with Crippen LogP contribution in [0.5, 0.6) is 0 Å². The monoisotopic (exact) mass is 317 g/mol. The van der Waals surface area contributed by atoms with Crippen molar-refractivity contribution in [3.8, 4) is 10.6 Å². The van der Waals surface area contributed by atoms with Crippen LogP contribution in [0, 0.1) is 6.92 Å². The maximum Gasteiger partial charge on any atom is 0.226 e. The number of thiazole rings is 1. The van der Waals surface area contributed by atoms with Gasteiger partial charge in [0.05, 0.1) is 22.4 Å². The fourth-order valence-electron chi connectivity index (χ4n) is 2.53. The van der Waals surface area contributed by atoms with E-state index >= 15 is 0 Å². The van der Waals surface area contributed by atoms with E-state index in [0.29, 0.717) is 11.6 Å². The Bertz CT molecular complexity index is 636. The van der Waals surface area contributed by atoms with Crippen molar-refractivity contribution in [2.75, 3.05) is 11.9 Å². The van der Waals surface area contributed by atoms with E-state index in [4.69, 9.17) is 4.74 Å². The van der Waals surface area contributed by atoms with Crippen LogP contribution < -0.4 is 5.32 Å². The summed E-state index contributed by atoms with van der Waals surface area (Å²) in [5.74, 6) is -0.00294. The van der Waals surface area contributed by atoms with Crippen LogP contribution in [0.1, 0.15) is 31.4 Å². The molecule has 0 aliphatic carbocycles. The van der Waals surface area contributed by atoms with E-state index in [1.807, 2.05) is 25.1 Å². The van der Waals surface area contributed by atoms with Crippen molar-refractivity contribution in [3.63, 3.8) is 0 Å². The molecule has 5 nitrogen and oxygen atoms in total. The molecule has 116 valence electrons. The number of nitrogens with one attached hydrogen (secondary N) is 1. The second-order valence-electron chi connectivity index (χ2n) is 5.37. The van der Waals surface area contributed by atoms with E-state index < -0.39 is 0 Å². The third-order valence-electron chi connectivity index (χ3n) is 3.66. The topological polar surface area (TPSA) is 64.1 Å². The Hall–Kier alpha value is -1.79. The summed E-state index contributed by atoms with van der Waals surface area (Å²) in [6.07, 6.45) is 5.42. The molecule has 1 fully saturated rings. The normalized spacial score (nSPS) is 17.6. The highest BCUT2D eigenvalue weighted by Gasteiger charge is 2.18. The van der Waals surface area contributed by atoms with Gasteiger partial charge in [-0.05, 0) is 38.3 Å². The number of aromatic nitrogens is 2. The molecule has 1 atom stereocenters. The van der Waals surface area contributed by atoms with E-state index in [2.05, 4.69) is 15.3 Å². The molecule has 2 aromatic heterocycles. The van der Waals surface area contributed by atoms with Crippen molar-refractivity contribution >= 4 is 22.4 Å². The molecule has 2 aromatic rings. The van der Waals surface area contributed by atoms with Crippen LogP contribution in [0.4, 0.5) is 5.13 Å². The lowest BCUT2D eigenvalue weighted by atomic mass is 10.1. The van der Waals surface area contributed by atoms with Crippen molar-refractivity contribution in [1.82, 2.24) is 9.97 Å². The summed E-state index contributed by atoms with van der Waals surface area (Å²) < 4.78 is 5.53. The molecular weight excluding hydrogens is 298 g/mol. The molecule has 3 rings (SSSR count). The standard InChI is InChI=1S/C16H19N3O2S/c1-11-15(13-6-2-3-9-17-13)22-16(18-11)19-14(20)8-7-12-5-4-10-21-12/h2-3,6,9,12H,4-5,7-8,10H2,1H3,(H,18,19,20). The average Bonchev–Trinajstić information content (AvgIpc) is 3.16. The van der Waals surface area contributed by atoms with Crippen LogP contribution in [0.2, 0.25) is 0 Å². The first-order valence-corrected chi connectivity index (χ1v) is 8.34. The number of pyridine rings is 1. The number of ether oxygens (including phenoxy) is 1. The number of aryl methyl sites for hydroxylation is 1. The molecule has 1 unspecified atom stereocenters. The molecule has 1 aliphatic heterocycles. The Labute approximate surface area is 133 Å². The van der Waals surface area contributed by atoms with Crippen molar-refractivity contribution in [3.05, 3.63) is 30.1 Å². The minimum absolute atomic E-state index is 0.00294. The molecule has 0 saturated carbocycles. The maximum atomic E-state index is 12.0. The molecule has 1 amide bonds. The van der Waals surface area contributed by atoms with Crippen molar-refractivity contribution in [2.45, 2.75) is 38.7 Å². The highest BCUT2D eigenvalue weighted by molar-refractivity contribution is 7.19. The van der Waals surface area contributed by atoms with Gasteiger partial charge in [-0.2, -0.15) is 0 Å². The second kappa shape index (κ2) is 6.98. The minimum Gasteiger partial charge on any atom is -0.378 e. The quantitative estimate of drug-likeness (QED) is 0.918. The Morgan fingerprint density at radius 1 is 1.50 bits per heavy atom. The fraction of sp³-hybridized carbons (Fsp3) is 0.438. The van der Waals surface area contributed by atoms with Gasteiger partial charge in [-0.15, -0.1) is 0 Å². The third kappa shape index (κ3) is 3.69. The molecule has 1 N–H and O–H groups in total. The molecule has 6 heteroatoms. The summed E-state index contributed by atoms with van der Waals surface area (Å²) in [6.45, 7) is 2.76. The van der Waals surface area contributed by atoms with Gasteiger partial charge in [-0.3, -0.25) is 9.78 Å². The van der Waals surface area contributed by atoms with Crippen molar-refractivity contribution in [1.29, 1.82) is 0 Å². The number of anilines is 1. The first-order chi connectivity index (χ1) is 10.7. The molecule has 0 aromatic carbocycles. The van der Waals surface area contributed by atoms with Gasteiger partial charge >= 0.3 is 0 Å². The van der Waals surface area contributed by atoms with Gasteiger partial charge in [-0.25, -0.2) is 4.98 Å². The van der Waals surface area contributed by atoms with E-state index in [1.165, 1.54) is 11.3 Å². The molecule has 0 bridgehead atoms. The lowest BCUT2D eigenvalue weighted by Gasteiger charge is -2.07. The fourth-order valence-corrected chi connectivity index (χ4v) is 3.49. The van der Waals surface area contributed by atoms with Gasteiger partial charge < -0.3 is 10.1 Å². The van der Waals surface area contributed by atoms with Gasteiger partial charge in [0.25, 0.3) is 0 Å².